The first-order chi connectivity index (χ1) is 12.7. The summed E-state index contributed by atoms with van der Waals surface area (Å²) in [6, 6.07) is 9.63. The number of morpholine rings is 1. The summed E-state index contributed by atoms with van der Waals surface area (Å²) in [6.07, 6.45) is 5.60. The lowest BCUT2D eigenvalue weighted by Crippen LogP contribution is -2.60. The quantitative estimate of drug-likeness (QED) is 0.827. The minimum atomic E-state index is -0.279. The molecule has 3 aliphatic rings. The van der Waals surface area contributed by atoms with Gasteiger partial charge in [0.25, 0.3) is 0 Å². The van der Waals surface area contributed by atoms with Gasteiger partial charge in [0.2, 0.25) is 0 Å². The number of ether oxygens (including phenoxy) is 2. The van der Waals surface area contributed by atoms with Gasteiger partial charge in [0, 0.05) is 11.8 Å². The van der Waals surface area contributed by atoms with E-state index in [1.54, 1.807) is 0 Å². The SMILES string of the molecule is O=C(C1CCCC1)C1CC2COCC(C1)N2C(=O)OCc1ccccc1. The van der Waals surface area contributed by atoms with Crippen molar-refractivity contribution in [3.05, 3.63) is 35.9 Å². The van der Waals surface area contributed by atoms with Crippen LogP contribution in [0.3, 0.4) is 0 Å². The minimum Gasteiger partial charge on any atom is -0.445 e. The van der Waals surface area contributed by atoms with Crippen molar-refractivity contribution in [2.75, 3.05) is 13.2 Å². The summed E-state index contributed by atoms with van der Waals surface area (Å²) in [7, 11) is 0. The molecule has 3 fully saturated rings. The van der Waals surface area contributed by atoms with Gasteiger partial charge < -0.3 is 9.47 Å². The van der Waals surface area contributed by atoms with Gasteiger partial charge in [-0.1, -0.05) is 43.2 Å². The average Bonchev–Trinajstić information content (AvgIpc) is 3.20. The van der Waals surface area contributed by atoms with Gasteiger partial charge in [-0.05, 0) is 31.2 Å². The molecule has 1 amide bonds. The molecule has 4 rings (SSSR count). The third-order valence-corrected chi connectivity index (χ3v) is 6.10. The van der Waals surface area contributed by atoms with Crippen LogP contribution in [0.5, 0.6) is 0 Å². The molecule has 26 heavy (non-hydrogen) atoms. The van der Waals surface area contributed by atoms with Crippen LogP contribution in [0.2, 0.25) is 0 Å². The van der Waals surface area contributed by atoms with Crippen LogP contribution in [0, 0.1) is 11.8 Å². The third kappa shape index (κ3) is 3.63. The molecule has 2 saturated heterocycles. The maximum atomic E-state index is 12.8. The van der Waals surface area contributed by atoms with Gasteiger partial charge in [-0.25, -0.2) is 4.79 Å². The fourth-order valence-corrected chi connectivity index (χ4v) is 4.78. The second kappa shape index (κ2) is 7.78. The van der Waals surface area contributed by atoms with Crippen LogP contribution in [0.1, 0.15) is 44.1 Å². The zero-order chi connectivity index (χ0) is 17.9. The Hall–Kier alpha value is -1.88. The van der Waals surface area contributed by atoms with E-state index in [-0.39, 0.29) is 36.6 Å². The zero-order valence-electron chi connectivity index (χ0n) is 15.1. The van der Waals surface area contributed by atoms with E-state index in [1.807, 2.05) is 35.2 Å². The molecular weight excluding hydrogens is 330 g/mol. The van der Waals surface area contributed by atoms with E-state index in [9.17, 15) is 9.59 Å². The summed E-state index contributed by atoms with van der Waals surface area (Å²) < 4.78 is 11.2. The summed E-state index contributed by atoms with van der Waals surface area (Å²) >= 11 is 0. The van der Waals surface area contributed by atoms with Gasteiger partial charge in [-0.2, -0.15) is 0 Å². The van der Waals surface area contributed by atoms with E-state index in [4.69, 9.17) is 9.47 Å². The maximum Gasteiger partial charge on any atom is 0.410 e. The van der Waals surface area contributed by atoms with Gasteiger partial charge >= 0.3 is 6.09 Å². The number of ketones is 1. The molecule has 0 radical (unpaired) electrons. The number of nitrogens with zero attached hydrogens (tertiary/aromatic N) is 1. The molecule has 2 atom stereocenters. The number of hydrogen-bond acceptors (Lipinski definition) is 4. The molecule has 2 aliphatic heterocycles. The molecule has 2 heterocycles. The second-order valence-corrected chi connectivity index (χ2v) is 7.84. The van der Waals surface area contributed by atoms with Crippen LogP contribution >= 0.6 is 0 Å². The highest BCUT2D eigenvalue weighted by Crippen LogP contribution is 2.37. The summed E-state index contributed by atoms with van der Waals surface area (Å²) in [6.45, 7) is 1.29. The van der Waals surface area contributed by atoms with Gasteiger partial charge in [-0.15, -0.1) is 0 Å². The van der Waals surface area contributed by atoms with E-state index < -0.39 is 0 Å². The van der Waals surface area contributed by atoms with Crippen LogP contribution in [-0.4, -0.2) is 42.1 Å². The van der Waals surface area contributed by atoms with Gasteiger partial charge in [0.05, 0.1) is 25.3 Å². The van der Waals surface area contributed by atoms with Crippen molar-refractivity contribution in [2.45, 2.75) is 57.2 Å². The Labute approximate surface area is 154 Å². The van der Waals surface area contributed by atoms with Crippen LogP contribution in [0.25, 0.3) is 0 Å². The highest BCUT2D eigenvalue weighted by molar-refractivity contribution is 5.84. The van der Waals surface area contributed by atoms with Crippen molar-refractivity contribution in [3.63, 3.8) is 0 Å². The molecule has 0 aromatic heterocycles. The lowest BCUT2D eigenvalue weighted by molar-refractivity contribution is -0.134. The number of Topliss-reactive ketones (excluding diaryl/α,β-unsaturated/α-hetero) is 1. The molecular formula is C21H27NO4. The predicted octanol–water partition coefficient (Wildman–Crippen LogP) is 3.56. The number of piperidine rings is 1. The molecule has 1 saturated carbocycles. The lowest BCUT2D eigenvalue weighted by atomic mass is 9.78. The highest BCUT2D eigenvalue weighted by Gasteiger charge is 2.45. The Morgan fingerprint density at radius 1 is 1.00 bits per heavy atom. The topological polar surface area (TPSA) is 55.8 Å². The predicted molar refractivity (Wildman–Crippen MR) is 96.6 cm³/mol. The molecule has 1 aliphatic carbocycles. The van der Waals surface area contributed by atoms with Gasteiger partial charge in [0.1, 0.15) is 12.4 Å². The third-order valence-electron chi connectivity index (χ3n) is 6.10. The van der Waals surface area contributed by atoms with Crippen LogP contribution < -0.4 is 0 Å². The van der Waals surface area contributed by atoms with E-state index in [2.05, 4.69) is 0 Å². The molecule has 5 nitrogen and oxygen atoms in total. The summed E-state index contributed by atoms with van der Waals surface area (Å²) in [4.78, 5) is 27.4. The Kier molecular flexibility index (Phi) is 5.25. The summed E-state index contributed by atoms with van der Waals surface area (Å²) in [5.74, 6) is 0.755. The normalized spacial score (nSPS) is 28.8. The monoisotopic (exact) mass is 357 g/mol. The lowest BCUT2D eigenvalue weighted by Gasteiger charge is -2.47. The average molecular weight is 357 g/mol. The molecule has 5 heteroatoms. The highest BCUT2D eigenvalue weighted by atomic mass is 16.6. The molecule has 140 valence electrons. The van der Waals surface area contributed by atoms with Crippen molar-refractivity contribution in [1.82, 2.24) is 4.90 Å². The van der Waals surface area contributed by atoms with Crippen molar-refractivity contribution in [2.24, 2.45) is 11.8 Å². The Morgan fingerprint density at radius 3 is 2.31 bits per heavy atom. The Morgan fingerprint density at radius 2 is 1.65 bits per heavy atom. The fraction of sp³-hybridized carbons (Fsp3) is 0.619. The van der Waals surface area contributed by atoms with Crippen LogP contribution in [0.15, 0.2) is 30.3 Å². The number of carbonyl (C=O) groups excluding carboxylic acids is 2. The molecule has 1 aromatic carbocycles. The summed E-state index contributed by atoms with van der Waals surface area (Å²) in [5, 5.41) is 0. The number of amides is 1. The molecule has 0 spiro atoms. The number of rotatable bonds is 4. The van der Waals surface area contributed by atoms with E-state index in [0.717, 1.165) is 18.4 Å². The fourth-order valence-electron chi connectivity index (χ4n) is 4.78. The smallest absolute Gasteiger partial charge is 0.410 e. The Bertz CT molecular complexity index is 627. The summed E-state index contributed by atoms with van der Waals surface area (Å²) in [5.41, 5.74) is 0.980. The Balaban J connectivity index is 1.38. The molecule has 2 unspecified atom stereocenters. The minimum absolute atomic E-state index is 0.0406. The standard InChI is InChI=1S/C21H27NO4/c23-20(16-8-4-5-9-16)17-10-18-13-25-14-19(11-17)22(18)21(24)26-12-15-6-2-1-3-7-15/h1-3,6-7,16-19H,4-5,8-14H2. The van der Waals surface area contributed by atoms with Crippen LogP contribution in [0.4, 0.5) is 4.79 Å². The van der Waals surface area contributed by atoms with E-state index >= 15 is 0 Å². The van der Waals surface area contributed by atoms with Crippen LogP contribution in [-0.2, 0) is 20.9 Å². The molecule has 2 bridgehead atoms. The van der Waals surface area contributed by atoms with E-state index in [1.165, 1.54) is 12.8 Å². The second-order valence-electron chi connectivity index (χ2n) is 7.84. The maximum absolute atomic E-state index is 12.8. The van der Waals surface area contributed by atoms with Gasteiger partial charge in [0.15, 0.2) is 0 Å². The first kappa shape index (κ1) is 17.5. The molecule has 0 N–H and O–H groups in total. The van der Waals surface area contributed by atoms with Crippen molar-refractivity contribution in [1.29, 1.82) is 0 Å². The largest absolute Gasteiger partial charge is 0.445 e. The number of benzene rings is 1. The number of carbonyl (C=O) groups is 2. The zero-order valence-corrected chi connectivity index (χ0v) is 15.1. The number of hydrogen-bond donors (Lipinski definition) is 0. The van der Waals surface area contributed by atoms with Crippen molar-refractivity contribution < 1.29 is 19.1 Å². The van der Waals surface area contributed by atoms with Crippen molar-refractivity contribution in [3.8, 4) is 0 Å². The first-order valence-corrected chi connectivity index (χ1v) is 9.83. The van der Waals surface area contributed by atoms with Crippen molar-refractivity contribution >= 4 is 11.9 Å². The molecule has 1 aromatic rings. The first-order valence-electron chi connectivity index (χ1n) is 9.83. The van der Waals surface area contributed by atoms with E-state index in [0.29, 0.717) is 31.8 Å². The van der Waals surface area contributed by atoms with Gasteiger partial charge in [-0.3, -0.25) is 9.69 Å². The number of fused-ring (bicyclic) bond motifs is 2.